The molecule has 1 atom stereocenters. The van der Waals surface area contributed by atoms with Crippen molar-refractivity contribution in [2.75, 3.05) is 32.8 Å². The Morgan fingerprint density at radius 3 is 2.96 bits per heavy atom. The first-order chi connectivity index (χ1) is 13.7. The maximum atomic E-state index is 12.0. The Kier molecular flexibility index (Phi) is 7.71. The van der Waals surface area contributed by atoms with Crippen molar-refractivity contribution in [1.82, 2.24) is 20.0 Å². The van der Waals surface area contributed by atoms with Gasteiger partial charge in [-0.05, 0) is 39.0 Å². The number of aromatic nitrogens is 2. The van der Waals surface area contributed by atoms with E-state index in [4.69, 9.17) is 14.5 Å². The Balaban J connectivity index is 1.48. The molecule has 1 saturated carbocycles. The minimum absolute atomic E-state index is 0.00676. The highest BCUT2D eigenvalue weighted by molar-refractivity contribution is 5.80. The van der Waals surface area contributed by atoms with Gasteiger partial charge in [-0.1, -0.05) is 0 Å². The molecule has 2 fully saturated rings. The van der Waals surface area contributed by atoms with Gasteiger partial charge in [0.2, 0.25) is 0 Å². The molecule has 1 aromatic heterocycles. The third-order valence-electron chi connectivity index (χ3n) is 5.20. The Morgan fingerprint density at radius 2 is 2.25 bits per heavy atom. The van der Waals surface area contributed by atoms with E-state index in [-0.39, 0.29) is 18.2 Å². The van der Waals surface area contributed by atoms with Crippen LogP contribution in [0.25, 0.3) is 0 Å². The number of rotatable bonds is 7. The summed E-state index contributed by atoms with van der Waals surface area (Å²) in [7, 11) is 1.91. The minimum atomic E-state index is -0.0879. The highest BCUT2D eigenvalue weighted by Crippen LogP contribution is 2.22. The number of guanidine groups is 1. The molecule has 0 aromatic carbocycles. The van der Waals surface area contributed by atoms with Crippen LogP contribution in [0.1, 0.15) is 57.1 Å². The predicted octanol–water partition coefficient (Wildman–Crippen LogP) is 2.02. The summed E-state index contributed by atoms with van der Waals surface area (Å²) in [5.41, 5.74) is 1.08. The van der Waals surface area contributed by atoms with Gasteiger partial charge in [-0.2, -0.15) is 5.10 Å². The van der Waals surface area contributed by atoms with Crippen molar-refractivity contribution in [2.45, 2.75) is 57.7 Å². The van der Waals surface area contributed by atoms with E-state index in [1.54, 1.807) is 4.68 Å². The molecule has 0 radical (unpaired) electrons. The second-order valence-corrected chi connectivity index (χ2v) is 7.49. The van der Waals surface area contributed by atoms with Crippen LogP contribution in [0.5, 0.6) is 0 Å². The van der Waals surface area contributed by atoms with E-state index < -0.39 is 0 Å². The van der Waals surface area contributed by atoms with Crippen LogP contribution in [0.4, 0.5) is 0 Å². The highest BCUT2D eigenvalue weighted by Gasteiger charge is 2.25. The molecule has 3 rings (SSSR count). The van der Waals surface area contributed by atoms with Crippen LogP contribution in [-0.4, -0.2) is 65.5 Å². The van der Waals surface area contributed by atoms with Crippen LogP contribution in [0.3, 0.4) is 0 Å². The molecule has 8 heteroatoms. The molecule has 1 aliphatic heterocycles. The van der Waals surface area contributed by atoms with Crippen molar-refractivity contribution in [1.29, 1.82) is 0 Å². The summed E-state index contributed by atoms with van der Waals surface area (Å²) in [6.45, 7) is 5.66. The van der Waals surface area contributed by atoms with Crippen LogP contribution in [0.2, 0.25) is 0 Å². The Labute approximate surface area is 167 Å². The maximum Gasteiger partial charge on any atom is 0.306 e. The van der Waals surface area contributed by atoms with E-state index in [1.165, 1.54) is 12.8 Å². The number of hydrogen-bond donors (Lipinski definition) is 1. The van der Waals surface area contributed by atoms with Crippen molar-refractivity contribution in [3.8, 4) is 0 Å². The molecule has 1 aliphatic carbocycles. The maximum absolute atomic E-state index is 12.0. The van der Waals surface area contributed by atoms with E-state index in [2.05, 4.69) is 22.2 Å². The fraction of sp³-hybridized carbons (Fsp3) is 0.750. The molecule has 0 bridgehead atoms. The molecule has 1 N–H and O–H groups in total. The van der Waals surface area contributed by atoms with Gasteiger partial charge in [-0.3, -0.25) is 14.5 Å². The van der Waals surface area contributed by atoms with E-state index in [0.29, 0.717) is 26.0 Å². The second-order valence-electron chi connectivity index (χ2n) is 7.49. The largest absolute Gasteiger partial charge is 0.462 e. The molecule has 0 amide bonds. The third kappa shape index (κ3) is 5.95. The number of nitrogens with zero attached hydrogens (tertiary/aromatic N) is 4. The van der Waals surface area contributed by atoms with E-state index >= 15 is 0 Å². The summed E-state index contributed by atoms with van der Waals surface area (Å²) in [6, 6.07) is 0. The van der Waals surface area contributed by atoms with Crippen molar-refractivity contribution >= 4 is 11.9 Å². The fourth-order valence-corrected chi connectivity index (χ4v) is 3.73. The molecule has 28 heavy (non-hydrogen) atoms. The average Bonchev–Trinajstić information content (AvgIpc) is 3.36. The van der Waals surface area contributed by atoms with Crippen molar-refractivity contribution in [2.24, 2.45) is 12.0 Å². The van der Waals surface area contributed by atoms with E-state index in [1.807, 2.05) is 19.4 Å². The zero-order chi connectivity index (χ0) is 19.8. The van der Waals surface area contributed by atoms with Crippen LogP contribution < -0.4 is 5.32 Å². The van der Waals surface area contributed by atoms with E-state index in [0.717, 1.165) is 44.0 Å². The Hall–Kier alpha value is -2.09. The fourth-order valence-electron chi connectivity index (χ4n) is 3.73. The lowest BCUT2D eigenvalue weighted by atomic mass is 10.1. The van der Waals surface area contributed by atoms with Gasteiger partial charge < -0.3 is 19.7 Å². The molecule has 156 valence electrons. The van der Waals surface area contributed by atoms with Crippen molar-refractivity contribution in [3.05, 3.63) is 18.0 Å². The molecular formula is C20H33N5O3. The quantitative estimate of drug-likeness (QED) is 0.331. The Morgan fingerprint density at radius 1 is 1.43 bits per heavy atom. The number of aryl methyl sites for hydroxylation is 1. The standard InChI is InChI=1S/C20H33N5O3/c1-3-21-20(22-10-6-9-19(26)28-17-7-4-5-8-17)25-11-12-27-18(15-25)16-13-23-24(2)14-16/h13-14,17-18H,3-12,15H2,1-2H3,(H,21,22). The van der Waals surface area contributed by atoms with Gasteiger partial charge in [-0.25, -0.2) is 0 Å². The van der Waals surface area contributed by atoms with E-state index in [9.17, 15) is 4.79 Å². The number of carbonyl (C=O) groups is 1. The topological polar surface area (TPSA) is 81.0 Å². The number of esters is 1. The van der Waals surface area contributed by atoms with Gasteiger partial charge >= 0.3 is 5.97 Å². The predicted molar refractivity (Wildman–Crippen MR) is 107 cm³/mol. The molecule has 2 aliphatic rings. The summed E-state index contributed by atoms with van der Waals surface area (Å²) < 4.78 is 13.2. The zero-order valence-corrected chi connectivity index (χ0v) is 17.1. The summed E-state index contributed by atoms with van der Waals surface area (Å²) in [6.07, 6.45) is 9.51. The third-order valence-corrected chi connectivity index (χ3v) is 5.20. The monoisotopic (exact) mass is 391 g/mol. The summed E-state index contributed by atoms with van der Waals surface area (Å²) in [5, 5.41) is 7.60. The van der Waals surface area contributed by atoms with Crippen LogP contribution in [0, 0.1) is 0 Å². The molecular weight excluding hydrogens is 358 g/mol. The van der Waals surface area contributed by atoms with Gasteiger partial charge in [0.25, 0.3) is 0 Å². The lowest BCUT2D eigenvalue weighted by Crippen LogP contribution is -2.48. The number of ether oxygens (including phenoxy) is 2. The number of hydrogen-bond acceptors (Lipinski definition) is 5. The number of morpholine rings is 1. The van der Waals surface area contributed by atoms with Crippen molar-refractivity contribution in [3.63, 3.8) is 0 Å². The summed E-state index contributed by atoms with van der Waals surface area (Å²) in [5.74, 6) is 0.791. The van der Waals surface area contributed by atoms with Crippen LogP contribution >= 0.6 is 0 Å². The SMILES string of the molecule is CCNC(=NCCCC(=O)OC1CCCC1)N1CCOC(c2cnn(C)c2)C1. The average molecular weight is 392 g/mol. The second kappa shape index (κ2) is 10.5. The summed E-state index contributed by atoms with van der Waals surface area (Å²) >= 11 is 0. The van der Waals surface area contributed by atoms with Crippen molar-refractivity contribution < 1.29 is 14.3 Å². The molecule has 0 spiro atoms. The molecule has 8 nitrogen and oxygen atoms in total. The first-order valence-electron chi connectivity index (χ1n) is 10.5. The number of carbonyl (C=O) groups excluding carboxylic acids is 1. The minimum Gasteiger partial charge on any atom is -0.462 e. The highest BCUT2D eigenvalue weighted by atomic mass is 16.5. The summed E-state index contributed by atoms with van der Waals surface area (Å²) in [4.78, 5) is 18.9. The van der Waals surface area contributed by atoms with Gasteiger partial charge in [0.15, 0.2) is 5.96 Å². The number of aliphatic imine (C=N–C) groups is 1. The van der Waals surface area contributed by atoms with Crippen LogP contribution in [-0.2, 0) is 21.3 Å². The van der Waals surface area contributed by atoms with Crippen LogP contribution in [0.15, 0.2) is 17.4 Å². The zero-order valence-electron chi connectivity index (χ0n) is 17.1. The van der Waals surface area contributed by atoms with Gasteiger partial charge in [0.05, 0.1) is 19.3 Å². The first kappa shape index (κ1) is 20.6. The smallest absolute Gasteiger partial charge is 0.306 e. The first-order valence-corrected chi connectivity index (χ1v) is 10.5. The van der Waals surface area contributed by atoms with Gasteiger partial charge in [0.1, 0.15) is 12.2 Å². The lowest BCUT2D eigenvalue weighted by molar-refractivity contribution is -0.148. The lowest BCUT2D eigenvalue weighted by Gasteiger charge is -2.34. The molecule has 1 unspecified atom stereocenters. The Bertz CT molecular complexity index is 654. The molecule has 1 saturated heterocycles. The van der Waals surface area contributed by atoms with Gasteiger partial charge in [-0.15, -0.1) is 0 Å². The number of nitrogens with one attached hydrogen (secondary N) is 1. The van der Waals surface area contributed by atoms with Gasteiger partial charge in [0, 0.05) is 44.9 Å². The molecule has 1 aromatic rings. The molecule has 2 heterocycles. The normalized spacial score (nSPS) is 21.1.